The van der Waals surface area contributed by atoms with Gasteiger partial charge >= 0.3 is 18.0 Å². The van der Waals surface area contributed by atoms with Gasteiger partial charge in [-0.25, -0.2) is 9.59 Å². The average Bonchev–Trinajstić information content (AvgIpc) is 2.87. The summed E-state index contributed by atoms with van der Waals surface area (Å²) in [6.07, 6.45) is 20.6. The molecule has 0 heterocycles. The molecule has 0 aliphatic heterocycles. The third-order valence-electron chi connectivity index (χ3n) is 6.08. The number of alkyl carbamates (subject to hydrolysis) is 1. The minimum atomic E-state index is -0.860. The summed E-state index contributed by atoms with van der Waals surface area (Å²) in [4.78, 5) is 36.3. The van der Waals surface area contributed by atoms with Crippen LogP contribution in [0.3, 0.4) is 0 Å². The monoisotopic (exact) mass is 571 g/mol. The minimum Gasteiger partial charge on any atom is -0.465 e. The van der Waals surface area contributed by atoms with Crippen LogP contribution in [0.25, 0.3) is 0 Å². The predicted octanol–water partition coefficient (Wildman–Crippen LogP) is 8.15. The predicted molar refractivity (Wildman–Crippen MR) is 162 cm³/mol. The van der Waals surface area contributed by atoms with Crippen molar-refractivity contribution < 1.29 is 28.6 Å². The largest absolute Gasteiger partial charge is 0.465 e. The van der Waals surface area contributed by atoms with E-state index in [-0.39, 0.29) is 24.9 Å². The number of rotatable bonds is 25. The molecule has 0 rings (SSSR count). The highest BCUT2D eigenvalue weighted by atomic mass is 32.2. The Labute approximate surface area is 242 Å². The SMILES string of the molecule is C=CCOC(=O)C(CSCCOC(=O)CCCCCCCCCCCCCCCCC)NC(=O)OC(C)(C)C. The molecule has 0 saturated carbocycles. The summed E-state index contributed by atoms with van der Waals surface area (Å²) in [5, 5.41) is 2.55. The maximum Gasteiger partial charge on any atom is 0.408 e. The molecular formula is C31H57NO6S. The van der Waals surface area contributed by atoms with Crippen molar-refractivity contribution in [2.45, 2.75) is 142 Å². The van der Waals surface area contributed by atoms with Gasteiger partial charge in [0.05, 0.1) is 0 Å². The third-order valence-corrected chi connectivity index (χ3v) is 7.10. The summed E-state index contributed by atoms with van der Waals surface area (Å²) in [7, 11) is 0. The van der Waals surface area contributed by atoms with Gasteiger partial charge in [0.2, 0.25) is 0 Å². The van der Waals surface area contributed by atoms with E-state index in [1.165, 1.54) is 101 Å². The Kier molecular flexibility index (Phi) is 24.2. The first-order valence-corrected chi connectivity index (χ1v) is 16.4. The molecule has 1 atom stereocenters. The van der Waals surface area contributed by atoms with Crippen LogP contribution in [0.2, 0.25) is 0 Å². The van der Waals surface area contributed by atoms with Crippen molar-refractivity contribution in [3.63, 3.8) is 0 Å². The molecule has 0 fully saturated rings. The Balaban J connectivity index is 3.79. The maximum absolute atomic E-state index is 12.3. The van der Waals surface area contributed by atoms with Gasteiger partial charge in [-0.1, -0.05) is 109 Å². The fourth-order valence-corrected chi connectivity index (χ4v) is 4.81. The Morgan fingerprint density at radius 2 is 1.33 bits per heavy atom. The zero-order valence-electron chi connectivity index (χ0n) is 25.4. The molecule has 1 unspecified atom stereocenters. The molecular weight excluding hydrogens is 514 g/mol. The number of hydrogen-bond donors (Lipinski definition) is 1. The second-order valence-corrected chi connectivity index (χ2v) is 12.3. The molecule has 7 nitrogen and oxygen atoms in total. The molecule has 228 valence electrons. The first-order chi connectivity index (χ1) is 18.7. The first kappa shape index (κ1) is 37.3. The third kappa shape index (κ3) is 26.3. The van der Waals surface area contributed by atoms with E-state index in [0.29, 0.717) is 12.2 Å². The topological polar surface area (TPSA) is 90.9 Å². The van der Waals surface area contributed by atoms with Crippen molar-refractivity contribution in [3.05, 3.63) is 12.7 Å². The summed E-state index contributed by atoms with van der Waals surface area (Å²) in [6.45, 7) is 11.4. The van der Waals surface area contributed by atoms with Crippen LogP contribution in [0.4, 0.5) is 4.79 Å². The summed E-state index contributed by atoms with van der Waals surface area (Å²) < 4.78 is 15.6. The molecule has 39 heavy (non-hydrogen) atoms. The van der Waals surface area contributed by atoms with Crippen molar-refractivity contribution in [2.24, 2.45) is 0 Å². The zero-order chi connectivity index (χ0) is 29.2. The lowest BCUT2D eigenvalue weighted by molar-refractivity contribution is -0.144. The van der Waals surface area contributed by atoms with Crippen LogP contribution in [0.1, 0.15) is 130 Å². The van der Waals surface area contributed by atoms with Crippen LogP contribution in [0, 0.1) is 0 Å². The van der Waals surface area contributed by atoms with E-state index in [1.807, 2.05) is 0 Å². The van der Waals surface area contributed by atoms with Crippen LogP contribution in [-0.2, 0) is 23.8 Å². The highest BCUT2D eigenvalue weighted by molar-refractivity contribution is 7.99. The Bertz CT molecular complexity index is 649. The molecule has 0 saturated heterocycles. The van der Waals surface area contributed by atoms with Crippen LogP contribution < -0.4 is 5.32 Å². The number of carbonyl (C=O) groups is 3. The van der Waals surface area contributed by atoms with Crippen LogP contribution in [0.5, 0.6) is 0 Å². The summed E-state index contributed by atoms with van der Waals surface area (Å²) in [6, 6.07) is -0.860. The van der Waals surface area contributed by atoms with E-state index in [0.717, 1.165) is 12.8 Å². The first-order valence-electron chi connectivity index (χ1n) is 15.2. The van der Waals surface area contributed by atoms with E-state index >= 15 is 0 Å². The van der Waals surface area contributed by atoms with Crippen LogP contribution in [-0.4, -0.2) is 54.4 Å². The quantitative estimate of drug-likeness (QED) is 0.0512. The molecule has 0 spiro atoms. The molecule has 0 aromatic carbocycles. The number of unbranched alkanes of at least 4 members (excludes halogenated alkanes) is 14. The van der Waals surface area contributed by atoms with Gasteiger partial charge in [0.15, 0.2) is 0 Å². The van der Waals surface area contributed by atoms with Gasteiger partial charge in [0.1, 0.15) is 24.9 Å². The zero-order valence-corrected chi connectivity index (χ0v) is 26.2. The molecule has 0 aromatic rings. The smallest absolute Gasteiger partial charge is 0.408 e. The van der Waals surface area contributed by atoms with Crippen molar-refractivity contribution in [1.82, 2.24) is 5.32 Å². The number of nitrogens with one attached hydrogen (secondary N) is 1. The lowest BCUT2D eigenvalue weighted by atomic mass is 10.0. The van der Waals surface area contributed by atoms with Crippen LogP contribution >= 0.6 is 11.8 Å². The van der Waals surface area contributed by atoms with Gasteiger partial charge in [-0.15, -0.1) is 0 Å². The highest BCUT2D eigenvalue weighted by Crippen LogP contribution is 2.14. The van der Waals surface area contributed by atoms with Crippen molar-refractivity contribution in [1.29, 1.82) is 0 Å². The molecule has 0 aliphatic carbocycles. The van der Waals surface area contributed by atoms with Crippen LogP contribution in [0.15, 0.2) is 12.7 Å². The fraction of sp³-hybridized carbons (Fsp3) is 0.839. The summed E-state index contributed by atoms with van der Waals surface area (Å²) in [5.74, 6) is 0.0648. The molecule has 8 heteroatoms. The van der Waals surface area contributed by atoms with E-state index in [9.17, 15) is 14.4 Å². The summed E-state index contributed by atoms with van der Waals surface area (Å²) >= 11 is 1.40. The van der Waals surface area contributed by atoms with E-state index in [4.69, 9.17) is 14.2 Å². The van der Waals surface area contributed by atoms with E-state index in [1.54, 1.807) is 20.8 Å². The van der Waals surface area contributed by atoms with Gasteiger partial charge in [-0.3, -0.25) is 4.79 Å². The standard InChI is InChI=1S/C31H57NO6S/c1-6-8-9-10-11-12-13-14-15-16-17-18-19-20-21-22-28(33)36-24-25-39-26-27(29(34)37-23-7-2)32-30(35)38-31(3,4)5/h7,27H,2,6,8-26H2,1,3-5H3,(H,32,35). The normalized spacial score (nSPS) is 12.0. The number of hydrogen-bond acceptors (Lipinski definition) is 7. The number of carbonyl (C=O) groups excluding carboxylic acids is 3. The molecule has 0 radical (unpaired) electrons. The average molecular weight is 572 g/mol. The van der Waals surface area contributed by atoms with E-state index in [2.05, 4.69) is 18.8 Å². The minimum absolute atomic E-state index is 0.0624. The molecule has 0 aromatic heterocycles. The van der Waals surface area contributed by atoms with Gasteiger partial charge in [0.25, 0.3) is 0 Å². The number of amides is 1. The fourth-order valence-electron chi connectivity index (χ4n) is 3.99. The molecule has 0 bridgehead atoms. The molecule has 1 N–H and O–H groups in total. The lowest BCUT2D eigenvalue weighted by Crippen LogP contribution is -2.45. The van der Waals surface area contributed by atoms with Gasteiger partial charge in [-0.05, 0) is 27.2 Å². The second-order valence-electron chi connectivity index (χ2n) is 11.1. The summed E-state index contributed by atoms with van der Waals surface area (Å²) in [5.41, 5.74) is -0.673. The highest BCUT2D eigenvalue weighted by Gasteiger charge is 2.25. The Morgan fingerprint density at radius 3 is 1.82 bits per heavy atom. The van der Waals surface area contributed by atoms with Crippen molar-refractivity contribution >= 4 is 29.8 Å². The van der Waals surface area contributed by atoms with Crippen molar-refractivity contribution in [2.75, 3.05) is 24.7 Å². The number of thioether (sulfide) groups is 1. The molecule has 1 amide bonds. The molecule has 0 aliphatic rings. The van der Waals surface area contributed by atoms with Gasteiger partial charge < -0.3 is 19.5 Å². The lowest BCUT2D eigenvalue weighted by Gasteiger charge is -2.22. The maximum atomic E-state index is 12.3. The number of esters is 2. The Morgan fingerprint density at radius 1 is 0.821 bits per heavy atom. The second kappa shape index (κ2) is 25.3. The number of ether oxygens (including phenoxy) is 3. The van der Waals surface area contributed by atoms with Gasteiger partial charge in [-0.2, -0.15) is 11.8 Å². The van der Waals surface area contributed by atoms with E-state index < -0.39 is 23.7 Å². The van der Waals surface area contributed by atoms with Gasteiger partial charge in [0, 0.05) is 17.9 Å². The Hall–Kier alpha value is -1.70. The van der Waals surface area contributed by atoms with Crippen molar-refractivity contribution in [3.8, 4) is 0 Å².